The first-order valence-corrected chi connectivity index (χ1v) is 14.3. The van der Waals surface area contributed by atoms with E-state index >= 15 is 0 Å². The van der Waals surface area contributed by atoms with Crippen molar-refractivity contribution >= 4 is 44.1 Å². The third kappa shape index (κ3) is 4.50. The molecule has 4 aromatic rings. The van der Waals surface area contributed by atoms with Crippen LogP contribution in [0.4, 0.5) is 5.13 Å². The predicted octanol–water partition coefficient (Wildman–Crippen LogP) is 6.27. The van der Waals surface area contributed by atoms with E-state index in [1.54, 1.807) is 30.3 Å². The molecule has 0 radical (unpaired) electrons. The fourth-order valence-electron chi connectivity index (χ4n) is 5.66. The smallest absolute Gasteiger partial charge is 0.301 e. The zero-order chi connectivity index (χ0) is 29.0. The Hall–Kier alpha value is -4.37. The highest BCUT2D eigenvalue weighted by atomic mass is 32.1. The minimum atomic E-state index is -0.940. The largest absolute Gasteiger partial charge is 0.507 e. The Bertz CT molecular complexity index is 1760. The highest BCUT2D eigenvalue weighted by Crippen LogP contribution is 2.46. The van der Waals surface area contributed by atoms with E-state index in [1.807, 2.05) is 45.9 Å². The van der Waals surface area contributed by atoms with Crippen LogP contribution in [-0.2, 0) is 16.0 Å². The van der Waals surface area contributed by atoms with Gasteiger partial charge in [0, 0.05) is 12.0 Å². The summed E-state index contributed by atoms with van der Waals surface area (Å²) in [6.45, 7) is 8.28. The molecule has 1 aromatic heterocycles. The summed E-state index contributed by atoms with van der Waals surface area (Å²) in [6.07, 6.45) is 0.713. The average molecular weight is 571 g/mol. The van der Waals surface area contributed by atoms with Gasteiger partial charge in [0.25, 0.3) is 5.78 Å². The van der Waals surface area contributed by atoms with Gasteiger partial charge in [0.15, 0.2) is 16.6 Å². The number of hydrogen-bond donors (Lipinski definition) is 1. The van der Waals surface area contributed by atoms with Crippen LogP contribution in [0.5, 0.6) is 17.2 Å². The lowest BCUT2D eigenvalue weighted by molar-refractivity contribution is -0.132. The fraction of sp³-hybridized carbons (Fsp3) is 0.281. The van der Waals surface area contributed by atoms with Crippen molar-refractivity contribution in [1.82, 2.24) is 4.98 Å². The molecule has 2 unspecified atom stereocenters. The summed E-state index contributed by atoms with van der Waals surface area (Å²) in [4.78, 5) is 33.7. The number of ether oxygens (including phenoxy) is 3. The van der Waals surface area contributed by atoms with Crippen LogP contribution in [0.2, 0.25) is 0 Å². The van der Waals surface area contributed by atoms with E-state index in [-0.39, 0.29) is 17.4 Å². The van der Waals surface area contributed by atoms with Gasteiger partial charge in [0.2, 0.25) is 0 Å². The predicted molar refractivity (Wildman–Crippen MR) is 158 cm³/mol. The Morgan fingerprint density at radius 3 is 2.68 bits per heavy atom. The molecular formula is C32H30N2O6S. The number of aliphatic hydroxyl groups is 1. The number of Topliss-reactive ketones (excluding diaryl/α,β-unsaturated/α-hetero) is 1. The first-order valence-electron chi connectivity index (χ1n) is 13.5. The average Bonchev–Trinajstić information content (AvgIpc) is 3.61. The van der Waals surface area contributed by atoms with Gasteiger partial charge < -0.3 is 19.3 Å². The van der Waals surface area contributed by atoms with Crippen LogP contribution in [0.1, 0.15) is 47.7 Å². The van der Waals surface area contributed by atoms with Crippen molar-refractivity contribution in [1.29, 1.82) is 0 Å². The Morgan fingerprint density at radius 1 is 1.12 bits per heavy atom. The molecule has 0 aliphatic carbocycles. The normalized spacial score (nSPS) is 19.5. The highest BCUT2D eigenvalue weighted by Gasteiger charge is 2.48. The van der Waals surface area contributed by atoms with E-state index in [4.69, 9.17) is 19.2 Å². The lowest BCUT2D eigenvalue weighted by Crippen LogP contribution is -2.29. The molecule has 1 amide bonds. The minimum Gasteiger partial charge on any atom is -0.507 e. The third-order valence-corrected chi connectivity index (χ3v) is 8.44. The van der Waals surface area contributed by atoms with E-state index in [2.05, 4.69) is 0 Å². The summed E-state index contributed by atoms with van der Waals surface area (Å²) in [5.41, 5.74) is 4.78. The van der Waals surface area contributed by atoms with E-state index in [0.29, 0.717) is 40.8 Å². The second-order valence-corrected chi connectivity index (χ2v) is 11.4. The van der Waals surface area contributed by atoms with Gasteiger partial charge in [-0.25, -0.2) is 4.98 Å². The van der Waals surface area contributed by atoms with Crippen molar-refractivity contribution in [3.8, 4) is 17.2 Å². The fourth-order valence-corrected chi connectivity index (χ4v) is 6.83. The number of rotatable bonds is 6. The van der Waals surface area contributed by atoms with Crippen molar-refractivity contribution in [2.45, 2.75) is 46.3 Å². The van der Waals surface area contributed by atoms with Crippen LogP contribution in [0.3, 0.4) is 0 Å². The van der Waals surface area contributed by atoms with Gasteiger partial charge in [-0.05, 0) is 86.3 Å². The van der Waals surface area contributed by atoms with Crippen LogP contribution in [0, 0.1) is 13.8 Å². The molecule has 1 saturated heterocycles. The number of nitrogens with zero attached hydrogens (tertiary/aromatic N) is 2. The van der Waals surface area contributed by atoms with Crippen LogP contribution in [0.15, 0.2) is 54.1 Å². The minimum absolute atomic E-state index is 0.0136. The van der Waals surface area contributed by atoms with Crippen molar-refractivity contribution in [2.75, 3.05) is 18.6 Å². The quantitative estimate of drug-likeness (QED) is 0.166. The molecule has 41 heavy (non-hydrogen) atoms. The molecule has 1 N–H and O–H groups in total. The van der Waals surface area contributed by atoms with Gasteiger partial charge >= 0.3 is 5.91 Å². The van der Waals surface area contributed by atoms with Crippen LogP contribution >= 0.6 is 11.3 Å². The zero-order valence-electron chi connectivity index (χ0n) is 23.5. The third-order valence-electron chi connectivity index (χ3n) is 7.44. The van der Waals surface area contributed by atoms with Crippen molar-refractivity contribution in [3.63, 3.8) is 0 Å². The van der Waals surface area contributed by atoms with Gasteiger partial charge in [0.1, 0.15) is 17.6 Å². The number of benzene rings is 3. The monoisotopic (exact) mass is 570 g/mol. The number of thiazole rings is 1. The first-order chi connectivity index (χ1) is 19.7. The molecule has 0 bridgehead atoms. The number of carbonyl (C=O) groups excluding carboxylic acids is 2. The first kappa shape index (κ1) is 26.8. The molecule has 2 aliphatic heterocycles. The Morgan fingerprint density at radius 2 is 1.93 bits per heavy atom. The van der Waals surface area contributed by atoms with Crippen molar-refractivity contribution in [2.24, 2.45) is 0 Å². The van der Waals surface area contributed by atoms with E-state index < -0.39 is 17.7 Å². The summed E-state index contributed by atoms with van der Waals surface area (Å²) in [5, 5.41) is 12.0. The summed E-state index contributed by atoms with van der Waals surface area (Å²) in [6, 6.07) is 13.7. The number of fused-ring (bicyclic) bond motifs is 2. The number of carbonyl (C=O) groups is 2. The molecule has 6 rings (SSSR count). The molecule has 0 saturated carbocycles. The maximum atomic E-state index is 13.7. The number of ketones is 1. The SMILES string of the molecule is CCOc1ccc(C2C(=C(O)c3ccc4c(c3)CC(C)O4)C(=O)C(=O)N2c2nc3c(C)cc(C)cc3s2)cc1OC. The second-order valence-electron chi connectivity index (χ2n) is 10.4. The Labute approximate surface area is 241 Å². The molecule has 3 heterocycles. The van der Waals surface area contributed by atoms with Crippen LogP contribution in [-0.4, -0.2) is 41.6 Å². The number of aromatic nitrogens is 1. The van der Waals surface area contributed by atoms with Crippen molar-refractivity contribution < 1.29 is 28.9 Å². The Balaban J connectivity index is 1.56. The molecule has 3 aromatic carbocycles. The molecular weight excluding hydrogens is 540 g/mol. The standard InChI is InChI=1S/C32H30N2O6S/c1-6-39-23-10-7-19(15-24(23)38-5)28-26(29(35)20-8-9-22-21(14-20)13-18(4)40-22)30(36)31(37)34(28)32-33-27-17(3)11-16(2)12-25(27)41-32/h7-12,14-15,18,28,35H,6,13H2,1-5H3. The number of amides is 1. The lowest BCUT2D eigenvalue weighted by atomic mass is 9.94. The van der Waals surface area contributed by atoms with Gasteiger partial charge in [-0.1, -0.05) is 23.5 Å². The van der Waals surface area contributed by atoms with E-state index in [0.717, 1.165) is 32.7 Å². The zero-order valence-corrected chi connectivity index (χ0v) is 24.3. The number of anilines is 1. The number of aliphatic hydroxyl groups excluding tert-OH is 1. The highest BCUT2D eigenvalue weighted by molar-refractivity contribution is 7.22. The summed E-state index contributed by atoms with van der Waals surface area (Å²) in [5.74, 6) is -0.0425. The van der Waals surface area contributed by atoms with Crippen LogP contribution < -0.4 is 19.1 Å². The molecule has 8 nitrogen and oxygen atoms in total. The van der Waals surface area contributed by atoms with Gasteiger partial charge in [-0.2, -0.15) is 0 Å². The van der Waals surface area contributed by atoms with E-state index in [9.17, 15) is 14.7 Å². The van der Waals surface area contributed by atoms with E-state index in [1.165, 1.54) is 23.3 Å². The summed E-state index contributed by atoms with van der Waals surface area (Å²) >= 11 is 1.34. The van der Waals surface area contributed by atoms with Gasteiger partial charge in [-0.15, -0.1) is 0 Å². The number of aryl methyl sites for hydroxylation is 2. The maximum Gasteiger partial charge on any atom is 0.301 e. The molecule has 9 heteroatoms. The molecule has 2 aliphatic rings. The second kappa shape index (κ2) is 10.2. The summed E-state index contributed by atoms with van der Waals surface area (Å²) in [7, 11) is 1.53. The topological polar surface area (TPSA) is 98.2 Å². The maximum absolute atomic E-state index is 13.7. The van der Waals surface area contributed by atoms with Gasteiger partial charge in [-0.3, -0.25) is 14.5 Å². The molecule has 210 valence electrons. The Kier molecular flexibility index (Phi) is 6.69. The van der Waals surface area contributed by atoms with Gasteiger partial charge in [0.05, 0.1) is 35.5 Å². The molecule has 0 spiro atoms. The lowest BCUT2D eigenvalue weighted by Gasteiger charge is -2.24. The molecule has 2 atom stereocenters. The number of methoxy groups -OCH3 is 1. The molecule has 1 fully saturated rings. The number of hydrogen-bond acceptors (Lipinski definition) is 8. The van der Waals surface area contributed by atoms with Crippen LogP contribution in [0.25, 0.3) is 16.0 Å². The van der Waals surface area contributed by atoms with Crippen molar-refractivity contribution in [3.05, 3.63) is 81.9 Å². The summed E-state index contributed by atoms with van der Waals surface area (Å²) < 4.78 is 18.0.